The number of hydrogen-bond donors (Lipinski definition) is 2. The molecule has 7 heteroatoms. The normalized spacial score (nSPS) is 11.4. The van der Waals surface area contributed by atoms with Crippen LogP contribution in [0.15, 0.2) is 18.2 Å². The highest BCUT2D eigenvalue weighted by Crippen LogP contribution is 2.17. The maximum Gasteiger partial charge on any atom is 0.221 e. The van der Waals surface area contributed by atoms with E-state index in [4.69, 9.17) is 4.74 Å². The third-order valence-corrected chi connectivity index (χ3v) is 2.39. The van der Waals surface area contributed by atoms with Gasteiger partial charge in [-0.1, -0.05) is 0 Å². The van der Waals surface area contributed by atoms with Crippen molar-refractivity contribution in [2.24, 2.45) is 0 Å². The molecule has 0 spiro atoms. The van der Waals surface area contributed by atoms with Crippen LogP contribution in [0.1, 0.15) is 13.3 Å². The molecule has 1 rings (SSSR count). The van der Waals surface area contributed by atoms with Crippen molar-refractivity contribution in [3.05, 3.63) is 29.8 Å². The minimum absolute atomic E-state index is 0. The SMILES string of the molecule is CNCCC(=O)NC(C)COc1ccc(F)cc1F.Cl. The number of ether oxygens (including phenoxy) is 1. The Labute approximate surface area is 123 Å². The predicted octanol–water partition coefficient (Wildman–Crippen LogP) is 1.88. The van der Waals surface area contributed by atoms with Gasteiger partial charge in [-0.2, -0.15) is 0 Å². The van der Waals surface area contributed by atoms with E-state index in [1.807, 2.05) is 0 Å². The summed E-state index contributed by atoms with van der Waals surface area (Å²) in [5.74, 6) is -1.55. The number of amides is 1. The molecule has 0 heterocycles. The molecule has 2 N–H and O–H groups in total. The first-order valence-corrected chi connectivity index (χ1v) is 6.04. The van der Waals surface area contributed by atoms with Gasteiger partial charge in [-0.3, -0.25) is 4.79 Å². The third-order valence-electron chi connectivity index (χ3n) is 2.39. The summed E-state index contributed by atoms with van der Waals surface area (Å²) in [5.41, 5.74) is 0. The largest absolute Gasteiger partial charge is 0.488 e. The minimum Gasteiger partial charge on any atom is -0.488 e. The van der Waals surface area contributed by atoms with Gasteiger partial charge in [0.1, 0.15) is 12.4 Å². The molecule has 0 saturated heterocycles. The molecule has 0 fully saturated rings. The molecule has 0 aliphatic heterocycles. The summed E-state index contributed by atoms with van der Waals surface area (Å²) in [5, 5.41) is 5.58. The second kappa shape index (κ2) is 9.50. The van der Waals surface area contributed by atoms with Gasteiger partial charge in [0.2, 0.25) is 5.91 Å². The van der Waals surface area contributed by atoms with Crippen molar-refractivity contribution >= 4 is 18.3 Å². The van der Waals surface area contributed by atoms with Crippen molar-refractivity contribution in [3.8, 4) is 5.75 Å². The number of hydrogen-bond acceptors (Lipinski definition) is 3. The average Bonchev–Trinajstić information content (AvgIpc) is 2.35. The molecule has 114 valence electrons. The van der Waals surface area contributed by atoms with Gasteiger partial charge in [0.05, 0.1) is 6.04 Å². The first-order valence-electron chi connectivity index (χ1n) is 6.04. The zero-order valence-corrected chi connectivity index (χ0v) is 12.2. The van der Waals surface area contributed by atoms with Crippen LogP contribution in [0.5, 0.6) is 5.75 Å². The summed E-state index contributed by atoms with van der Waals surface area (Å²) in [6, 6.07) is 2.84. The zero-order chi connectivity index (χ0) is 14.3. The van der Waals surface area contributed by atoms with Gasteiger partial charge in [-0.25, -0.2) is 8.78 Å². The Morgan fingerprint density at radius 1 is 1.40 bits per heavy atom. The molecular weight excluding hydrogens is 290 g/mol. The highest BCUT2D eigenvalue weighted by molar-refractivity contribution is 5.85. The van der Waals surface area contributed by atoms with E-state index in [9.17, 15) is 13.6 Å². The molecule has 0 aliphatic carbocycles. The average molecular weight is 309 g/mol. The van der Waals surface area contributed by atoms with Crippen LogP contribution in [0, 0.1) is 11.6 Å². The molecule has 0 radical (unpaired) electrons. The lowest BCUT2D eigenvalue weighted by Gasteiger charge is -2.15. The Bertz CT molecular complexity index is 433. The zero-order valence-electron chi connectivity index (χ0n) is 11.4. The van der Waals surface area contributed by atoms with Gasteiger partial charge in [-0.15, -0.1) is 12.4 Å². The van der Waals surface area contributed by atoms with E-state index in [1.165, 1.54) is 6.07 Å². The van der Waals surface area contributed by atoms with E-state index in [-0.39, 0.29) is 36.7 Å². The molecule has 0 saturated carbocycles. The Balaban J connectivity index is 0.00000361. The Hall–Kier alpha value is -1.40. The van der Waals surface area contributed by atoms with E-state index in [2.05, 4.69) is 10.6 Å². The second-order valence-electron chi connectivity index (χ2n) is 4.21. The van der Waals surface area contributed by atoms with Crippen molar-refractivity contribution in [3.63, 3.8) is 0 Å². The van der Waals surface area contributed by atoms with Crippen LogP contribution in [0.3, 0.4) is 0 Å². The Morgan fingerprint density at radius 2 is 2.10 bits per heavy atom. The maximum absolute atomic E-state index is 13.3. The van der Waals surface area contributed by atoms with Crippen molar-refractivity contribution in [2.45, 2.75) is 19.4 Å². The summed E-state index contributed by atoms with van der Waals surface area (Å²) >= 11 is 0. The first-order chi connectivity index (χ1) is 9.02. The Morgan fingerprint density at radius 3 is 2.70 bits per heavy atom. The number of benzene rings is 1. The van der Waals surface area contributed by atoms with Crippen LogP contribution in [0.4, 0.5) is 8.78 Å². The van der Waals surface area contributed by atoms with Crippen molar-refractivity contribution in [1.82, 2.24) is 10.6 Å². The number of carbonyl (C=O) groups excluding carboxylic acids is 1. The van der Waals surface area contributed by atoms with Gasteiger partial charge < -0.3 is 15.4 Å². The van der Waals surface area contributed by atoms with E-state index < -0.39 is 11.6 Å². The molecule has 1 aromatic carbocycles. The minimum atomic E-state index is -0.756. The highest BCUT2D eigenvalue weighted by atomic mass is 35.5. The van der Waals surface area contributed by atoms with E-state index >= 15 is 0 Å². The van der Waals surface area contributed by atoms with Crippen LogP contribution in [-0.2, 0) is 4.79 Å². The van der Waals surface area contributed by atoms with Crippen molar-refractivity contribution < 1.29 is 18.3 Å². The lowest BCUT2D eigenvalue weighted by molar-refractivity contribution is -0.121. The van der Waals surface area contributed by atoms with Gasteiger partial charge in [0.15, 0.2) is 11.6 Å². The smallest absolute Gasteiger partial charge is 0.221 e. The lowest BCUT2D eigenvalue weighted by atomic mass is 10.3. The van der Waals surface area contributed by atoms with Crippen LogP contribution in [0.2, 0.25) is 0 Å². The first kappa shape index (κ1) is 18.6. The van der Waals surface area contributed by atoms with Gasteiger partial charge in [-0.05, 0) is 26.1 Å². The molecule has 4 nitrogen and oxygen atoms in total. The van der Waals surface area contributed by atoms with Crippen LogP contribution in [0.25, 0.3) is 0 Å². The fourth-order valence-electron chi connectivity index (χ4n) is 1.43. The highest BCUT2D eigenvalue weighted by Gasteiger charge is 2.10. The molecule has 1 unspecified atom stereocenters. The van der Waals surface area contributed by atoms with Crippen LogP contribution >= 0.6 is 12.4 Å². The van der Waals surface area contributed by atoms with E-state index in [1.54, 1.807) is 14.0 Å². The predicted molar refractivity (Wildman–Crippen MR) is 75.2 cm³/mol. The quantitative estimate of drug-likeness (QED) is 0.808. The van der Waals surface area contributed by atoms with Gasteiger partial charge in [0, 0.05) is 19.0 Å². The number of carbonyl (C=O) groups is 1. The third kappa shape index (κ3) is 6.68. The van der Waals surface area contributed by atoms with Crippen molar-refractivity contribution in [1.29, 1.82) is 0 Å². The Kier molecular flexibility index (Phi) is 8.83. The molecule has 1 amide bonds. The van der Waals surface area contributed by atoms with Crippen LogP contribution < -0.4 is 15.4 Å². The van der Waals surface area contributed by atoms with Gasteiger partial charge >= 0.3 is 0 Å². The van der Waals surface area contributed by atoms with Crippen LogP contribution in [-0.4, -0.2) is 32.1 Å². The fraction of sp³-hybridized carbons (Fsp3) is 0.462. The molecule has 0 aliphatic rings. The summed E-state index contributed by atoms with van der Waals surface area (Å²) in [4.78, 5) is 11.4. The van der Waals surface area contributed by atoms with Crippen molar-refractivity contribution in [2.75, 3.05) is 20.2 Å². The summed E-state index contributed by atoms with van der Waals surface area (Å²) in [6.07, 6.45) is 0.367. The lowest BCUT2D eigenvalue weighted by Crippen LogP contribution is -2.37. The second-order valence-corrected chi connectivity index (χ2v) is 4.21. The molecule has 0 bridgehead atoms. The topological polar surface area (TPSA) is 50.4 Å². The summed E-state index contributed by atoms with van der Waals surface area (Å²) in [6.45, 7) is 2.46. The van der Waals surface area contributed by atoms with E-state index in [0.717, 1.165) is 12.1 Å². The maximum atomic E-state index is 13.3. The van der Waals surface area contributed by atoms with Gasteiger partial charge in [0.25, 0.3) is 0 Å². The standard InChI is InChI=1S/C13H18F2N2O2.ClH/c1-9(17-13(18)5-6-16-2)8-19-12-4-3-10(14)7-11(12)15;/h3-4,7,9,16H,5-6,8H2,1-2H3,(H,17,18);1H. The van der Waals surface area contributed by atoms with E-state index in [0.29, 0.717) is 13.0 Å². The molecule has 0 aromatic heterocycles. The number of rotatable bonds is 7. The molecule has 20 heavy (non-hydrogen) atoms. The fourth-order valence-corrected chi connectivity index (χ4v) is 1.43. The summed E-state index contributed by atoms with van der Waals surface area (Å²) < 4.78 is 31.1. The molecular formula is C13H19ClF2N2O2. The number of halogens is 3. The monoisotopic (exact) mass is 308 g/mol. The number of nitrogens with one attached hydrogen (secondary N) is 2. The molecule has 1 atom stereocenters. The molecule has 1 aromatic rings. The summed E-state index contributed by atoms with van der Waals surface area (Å²) in [7, 11) is 1.76.